The van der Waals surface area contributed by atoms with E-state index < -0.39 is 17.5 Å². The molecule has 0 aliphatic heterocycles. The number of hydrogen-bond acceptors (Lipinski definition) is 4. The molecular weight excluding hydrogens is 238 g/mol. The number of carboxylic acids is 1. The van der Waals surface area contributed by atoms with Crippen LogP contribution in [0.2, 0.25) is 0 Å². The zero-order valence-electron chi connectivity index (χ0n) is 10.6. The Morgan fingerprint density at radius 2 is 2.22 bits per heavy atom. The standard InChI is InChI=1S/C10H17N5O3/c1-10(2,8(16)17)15(3)9(18)11-5-4-7-12-6-13-14-7/h6H,4-5H2,1-3H3,(H,11,18)(H,16,17)(H,12,13,14). The van der Waals surface area contributed by atoms with Crippen LogP contribution < -0.4 is 5.32 Å². The van der Waals surface area contributed by atoms with Gasteiger partial charge in [0.2, 0.25) is 0 Å². The quantitative estimate of drug-likeness (QED) is 0.677. The number of carbonyl (C=O) groups is 2. The van der Waals surface area contributed by atoms with Crippen LogP contribution in [-0.2, 0) is 11.2 Å². The summed E-state index contributed by atoms with van der Waals surface area (Å²) < 4.78 is 0. The van der Waals surface area contributed by atoms with Crippen molar-refractivity contribution in [3.05, 3.63) is 12.2 Å². The minimum Gasteiger partial charge on any atom is -0.480 e. The average Bonchev–Trinajstić information content (AvgIpc) is 2.80. The molecule has 0 unspecified atom stereocenters. The van der Waals surface area contributed by atoms with Gasteiger partial charge in [-0.15, -0.1) is 0 Å². The summed E-state index contributed by atoms with van der Waals surface area (Å²) in [5, 5.41) is 18.0. The van der Waals surface area contributed by atoms with E-state index in [1.54, 1.807) is 0 Å². The second-order valence-electron chi connectivity index (χ2n) is 4.34. The third-order valence-corrected chi connectivity index (χ3v) is 2.77. The highest BCUT2D eigenvalue weighted by Gasteiger charge is 2.35. The van der Waals surface area contributed by atoms with Gasteiger partial charge in [-0.05, 0) is 13.8 Å². The minimum atomic E-state index is -1.25. The Balaban J connectivity index is 2.43. The van der Waals surface area contributed by atoms with Gasteiger partial charge >= 0.3 is 12.0 Å². The van der Waals surface area contributed by atoms with E-state index >= 15 is 0 Å². The van der Waals surface area contributed by atoms with Crippen molar-refractivity contribution in [1.29, 1.82) is 0 Å². The van der Waals surface area contributed by atoms with Crippen LogP contribution in [0.1, 0.15) is 19.7 Å². The molecule has 1 aromatic heterocycles. The van der Waals surface area contributed by atoms with Gasteiger partial charge < -0.3 is 15.3 Å². The lowest BCUT2D eigenvalue weighted by molar-refractivity contribution is -0.146. The minimum absolute atomic E-state index is 0.355. The van der Waals surface area contributed by atoms with Gasteiger partial charge in [-0.2, -0.15) is 5.10 Å². The second kappa shape index (κ2) is 5.48. The average molecular weight is 255 g/mol. The van der Waals surface area contributed by atoms with Crippen LogP contribution in [-0.4, -0.2) is 56.3 Å². The van der Waals surface area contributed by atoms with Gasteiger partial charge in [0.05, 0.1) is 0 Å². The summed E-state index contributed by atoms with van der Waals surface area (Å²) in [6.07, 6.45) is 1.89. The molecule has 18 heavy (non-hydrogen) atoms. The molecule has 0 atom stereocenters. The number of aliphatic carboxylic acids is 1. The van der Waals surface area contributed by atoms with Crippen LogP contribution in [0.5, 0.6) is 0 Å². The highest BCUT2D eigenvalue weighted by molar-refractivity contribution is 5.85. The first-order valence-electron chi connectivity index (χ1n) is 5.45. The zero-order valence-corrected chi connectivity index (χ0v) is 10.6. The zero-order chi connectivity index (χ0) is 13.8. The highest BCUT2D eigenvalue weighted by atomic mass is 16.4. The molecule has 8 nitrogen and oxygen atoms in total. The Bertz CT molecular complexity index is 415. The van der Waals surface area contributed by atoms with E-state index in [9.17, 15) is 9.59 Å². The number of aromatic nitrogens is 3. The molecule has 1 rings (SSSR count). The lowest BCUT2D eigenvalue weighted by Gasteiger charge is -2.31. The Morgan fingerprint density at radius 1 is 1.56 bits per heavy atom. The van der Waals surface area contributed by atoms with E-state index in [2.05, 4.69) is 20.5 Å². The summed E-state index contributed by atoms with van der Waals surface area (Å²) >= 11 is 0. The molecule has 0 spiro atoms. The number of nitrogens with zero attached hydrogens (tertiary/aromatic N) is 3. The second-order valence-corrected chi connectivity index (χ2v) is 4.34. The Morgan fingerprint density at radius 3 is 2.72 bits per heavy atom. The molecule has 2 amide bonds. The molecule has 0 aliphatic carbocycles. The lowest BCUT2D eigenvalue weighted by atomic mass is 10.1. The molecule has 0 aromatic carbocycles. The smallest absolute Gasteiger partial charge is 0.329 e. The summed E-state index contributed by atoms with van der Waals surface area (Å²) in [5.41, 5.74) is -1.25. The van der Waals surface area contributed by atoms with E-state index in [1.165, 1.54) is 27.2 Å². The Hall–Kier alpha value is -2.12. The number of H-pyrrole nitrogens is 1. The molecule has 1 heterocycles. The SMILES string of the molecule is CN(C(=O)NCCc1ncn[nH]1)C(C)(C)C(=O)O. The molecule has 1 aromatic rings. The van der Waals surface area contributed by atoms with E-state index in [1.807, 2.05) is 0 Å². The number of nitrogens with one attached hydrogen (secondary N) is 2. The summed E-state index contributed by atoms with van der Waals surface area (Å²) in [6.45, 7) is 3.28. The molecule has 0 fully saturated rings. The van der Waals surface area contributed by atoms with Gasteiger partial charge in [-0.3, -0.25) is 5.10 Å². The molecular formula is C10H17N5O3. The van der Waals surface area contributed by atoms with Gasteiger partial charge in [0.15, 0.2) is 0 Å². The number of aromatic amines is 1. The first-order valence-corrected chi connectivity index (χ1v) is 5.45. The third-order valence-electron chi connectivity index (χ3n) is 2.77. The molecule has 8 heteroatoms. The van der Waals surface area contributed by atoms with Crippen LogP contribution in [0.4, 0.5) is 4.79 Å². The summed E-state index contributed by atoms with van der Waals surface area (Å²) in [6, 6.07) is -0.443. The van der Waals surface area contributed by atoms with Gasteiger partial charge in [0.1, 0.15) is 17.7 Å². The van der Waals surface area contributed by atoms with Gasteiger partial charge in [-0.1, -0.05) is 0 Å². The number of hydrogen-bond donors (Lipinski definition) is 3. The highest BCUT2D eigenvalue weighted by Crippen LogP contribution is 2.12. The van der Waals surface area contributed by atoms with Crippen LogP contribution in [0, 0.1) is 0 Å². The number of amides is 2. The topological polar surface area (TPSA) is 111 Å². The molecule has 0 saturated carbocycles. The lowest BCUT2D eigenvalue weighted by Crippen LogP contribution is -2.54. The first kappa shape index (κ1) is 13.9. The third kappa shape index (κ3) is 3.19. The maximum atomic E-state index is 11.7. The van der Waals surface area contributed by atoms with Crippen molar-refractivity contribution < 1.29 is 14.7 Å². The molecule has 0 saturated heterocycles. The molecule has 100 valence electrons. The van der Waals surface area contributed by atoms with Crippen LogP contribution >= 0.6 is 0 Å². The van der Waals surface area contributed by atoms with Gasteiger partial charge in [0.25, 0.3) is 0 Å². The fraction of sp³-hybridized carbons (Fsp3) is 0.600. The monoisotopic (exact) mass is 255 g/mol. The van der Waals surface area contributed by atoms with Gasteiger partial charge in [-0.25, -0.2) is 14.6 Å². The Kier molecular flexibility index (Phi) is 4.24. The number of urea groups is 1. The van der Waals surface area contributed by atoms with Crippen LogP contribution in [0.15, 0.2) is 6.33 Å². The summed E-state index contributed by atoms with van der Waals surface area (Å²) in [7, 11) is 1.44. The van der Waals surface area contributed by atoms with Gasteiger partial charge in [0, 0.05) is 20.0 Å². The normalized spacial score (nSPS) is 11.1. The van der Waals surface area contributed by atoms with Crippen molar-refractivity contribution in [1.82, 2.24) is 25.4 Å². The molecule has 0 radical (unpaired) electrons. The van der Waals surface area contributed by atoms with E-state index in [4.69, 9.17) is 5.11 Å². The Labute approximate surface area is 104 Å². The summed E-state index contributed by atoms with van der Waals surface area (Å²) in [5.74, 6) is -0.397. The summed E-state index contributed by atoms with van der Waals surface area (Å²) in [4.78, 5) is 27.8. The first-order chi connectivity index (χ1) is 8.35. The van der Waals surface area contributed by atoms with Crippen molar-refractivity contribution in [2.45, 2.75) is 25.8 Å². The number of likely N-dealkylation sites (N-methyl/N-ethyl adjacent to an activating group) is 1. The van der Waals surface area contributed by atoms with E-state index in [0.717, 1.165) is 4.90 Å². The van der Waals surface area contributed by atoms with Crippen molar-refractivity contribution in [2.75, 3.05) is 13.6 Å². The van der Waals surface area contributed by atoms with Crippen LogP contribution in [0.3, 0.4) is 0 Å². The van der Waals surface area contributed by atoms with E-state index in [0.29, 0.717) is 18.8 Å². The fourth-order valence-electron chi connectivity index (χ4n) is 1.16. The van der Waals surface area contributed by atoms with Crippen molar-refractivity contribution in [3.63, 3.8) is 0 Å². The molecule has 3 N–H and O–H groups in total. The number of rotatable bonds is 5. The molecule has 0 aliphatic rings. The number of carbonyl (C=O) groups excluding carboxylic acids is 1. The van der Waals surface area contributed by atoms with Crippen LogP contribution in [0.25, 0.3) is 0 Å². The molecule has 0 bridgehead atoms. The maximum absolute atomic E-state index is 11.7. The predicted molar refractivity (Wildman–Crippen MR) is 63.0 cm³/mol. The van der Waals surface area contributed by atoms with Crippen molar-refractivity contribution >= 4 is 12.0 Å². The van der Waals surface area contributed by atoms with Crippen molar-refractivity contribution in [2.24, 2.45) is 0 Å². The largest absolute Gasteiger partial charge is 0.480 e. The van der Waals surface area contributed by atoms with E-state index in [-0.39, 0.29) is 0 Å². The fourth-order valence-corrected chi connectivity index (χ4v) is 1.16. The number of carboxylic acid groups (broad SMARTS) is 1. The maximum Gasteiger partial charge on any atom is 0.329 e. The predicted octanol–water partition coefficient (Wildman–Crippen LogP) is -0.148. The van der Waals surface area contributed by atoms with Crippen molar-refractivity contribution in [3.8, 4) is 0 Å².